The molecule has 0 aromatic carbocycles. The summed E-state index contributed by atoms with van der Waals surface area (Å²) in [5.41, 5.74) is 0. The molecule has 1 unspecified atom stereocenters. The summed E-state index contributed by atoms with van der Waals surface area (Å²) in [6.07, 6.45) is 1.40. The largest absolute Gasteiger partial charge is 0.383 e. The number of ether oxygens (including phenoxy) is 1. The first-order chi connectivity index (χ1) is 6.63. The molecule has 1 N–H and O–H groups in total. The number of halogens is 2. The van der Waals surface area contributed by atoms with E-state index in [0.717, 1.165) is 0 Å². The molecule has 0 aliphatic carbocycles. The van der Waals surface area contributed by atoms with Crippen LogP contribution in [0, 0.1) is 5.82 Å². The summed E-state index contributed by atoms with van der Waals surface area (Å²) in [4.78, 5) is 3.83. The summed E-state index contributed by atoms with van der Waals surface area (Å²) in [7, 11) is 1.59. The zero-order valence-electron chi connectivity index (χ0n) is 8.05. The van der Waals surface area contributed by atoms with E-state index in [1.54, 1.807) is 7.11 Å². The molecular weight excluding hydrogens is 207 g/mol. The Morgan fingerprint density at radius 3 is 3.00 bits per heavy atom. The Kier molecular flexibility index (Phi) is 4.10. The van der Waals surface area contributed by atoms with Crippen LogP contribution in [-0.4, -0.2) is 24.7 Å². The van der Waals surface area contributed by atoms with E-state index >= 15 is 0 Å². The Balaban J connectivity index is 2.67. The van der Waals surface area contributed by atoms with Gasteiger partial charge in [-0.3, -0.25) is 0 Å². The fraction of sp³-hybridized carbons (Fsp3) is 0.444. The summed E-state index contributed by atoms with van der Waals surface area (Å²) in [6.45, 7) is 2.36. The maximum atomic E-state index is 13.2. The van der Waals surface area contributed by atoms with Crippen molar-refractivity contribution in [2.75, 3.05) is 19.0 Å². The van der Waals surface area contributed by atoms with Gasteiger partial charge in [-0.25, -0.2) is 9.37 Å². The highest BCUT2D eigenvalue weighted by Crippen LogP contribution is 2.15. The number of anilines is 1. The predicted molar refractivity (Wildman–Crippen MR) is 54.2 cm³/mol. The molecular formula is C9H12ClFN2O. The summed E-state index contributed by atoms with van der Waals surface area (Å²) in [5.74, 6) is -0.264. The SMILES string of the molecule is COCC(C)Nc1ncc(Cl)cc1F. The standard InChI is InChI=1S/C9H12ClFN2O/c1-6(5-14-2)13-9-8(11)3-7(10)4-12-9/h3-4,6H,5H2,1-2H3,(H,12,13). The average molecular weight is 219 g/mol. The Bertz CT molecular complexity index is 309. The van der Waals surface area contributed by atoms with Crippen LogP contribution in [0.3, 0.4) is 0 Å². The molecule has 0 saturated heterocycles. The Labute approximate surface area is 87.2 Å². The van der Waals surface area contributed by atoms with Crippen molar-refractivity contribution in [3.8, 4) is 0 Å². The van der Waals surface area contributed by atoms with Gasteiger partial charge in [-0.15, -0.1) is 0 Å². The average Bonchev–Trinajstić information content (AvgIpc) is 2.10. The number of rotatable bonds is 4. The minimum atomic E-state index is -0.458. The number of nitrogens with zero attached hydrogens (tertiary/aromatic N) is 1. The van der Waals surface area contributed by atoms with E-state index in [0.29, 0.717) is 6.61 Å². The van der Waals surface area contributed by atoms with Crippen LogP contribution < -0.4 is 5.32 Å². The molecule has 0 fully saturated rings. The number of methoxy groups -OCH3 is 1. The van der Waals surface area contributed by atoms with Crippen molar-refractivity contribution < 1.29 is 9.13 Å². The molecule has 0 aliphatic heterocycles. The molecule has 0 radical (unpaired) electrons. The first-order valence-corrected chi connectivity index (χ1v) is 4.57. The van der Waals surface area contributed by atoms with Crippen molar-refractivity contribution in [1.29, 1.82) is 0 Å². The lowest BCUT2D eigenvalue weighted by Crippen LogP contribution is -2.22. The normalized spacial score (nSPS) is 12.6. The molecule has 1 rings (SSSR count). The Morgan fingerprint density at radius 1 is 1.71 bits per heavy atom. The smallest absolute Gasteiger partial charge is 0.166 e. The highest BCUT2D eigenvalue weighted by atomic mass is 35.5. The van der Waals surface area contributed by atoms with Gasteiger partial charge in [0, 0.05) is 19.3 Å². The summed E-state index contributed by atoms with van der Waals surface area (Å²) >= 11 is 5.56. The first kappa shape index (κ1) is 11.2. The van der Waals surface area contributed by atoms with Crippen LogP contribution in [0.15, 0.2) is 12.3 Å². The van der Waals surface area contributed by atoms with Gasteiger partial charge in [0.05, 0.1) is 11.6 Å². The molecule has 0 bridgehead atoms. The van der Waals surface area contributed by atoms with Gasteiger partial charge in [-0.2, -0.15) is 0 Å². The summed E-state index contributed by atoms with van der Waals surface area (Å²) < 4.78 is 18.1. The Hall–Kier alpha value is -0.870. The molecule has 0 saturated carbocycles. The van der Waals surface area contributed by atoms with Crippen LogP contribution in [0.1, 0.15) is 6.92 Å². The van der Waals surface area contributed by atoms with Crippen LogP contribution in [-0.2, 0) is 4.74 Å². The second-order valence-corrected chi connectivity index (χ2v) is 3.42. The molecule has 1 atom stereocenters. The van der Waals surface area contributed by atoms with Gasteiger partial charge in [0.1, 0.15) is 0 Å². The molecule has 3 nitrogen and oxygen atoms in total. The van der Waals surface area contributed by atoms with Crippen LogP contribution in [0.5, 0.6) is 0 Å². The zero-order chi connectivity index (χ0) is 10.6. The highest BCUT2D eigenvalue weighted by molar-refractivity contribution is 6.30. The second-order valence-electron chi connectivity index (χ2n) is 2.98. The third kappa shape index (κ3) is 3.12. The molecule has 0 aliphatic rings. The van der Waals surface area contributed by atoms with Gasteiger partial charge >= 0.3 is 0 Å². The number of hydrogen-bond donors (Lipinski definition) is 1. The molecule has 1 aromatic rings. The zero-order valence-corrected chi connectivity index (χ0v) is 8.81. The minimum Gasteiger partial charge on any atom is -0.383 e. The van der Waals surface area contributed by atoms with E-state index in [2.05, 4.69) is 10.3 Å². The molecule has 78 valence electrons. The number of hydrogen-bond acceptors (Lipinski definition) is 3. The van der Waals surface area contributed by atoms with E-state index < -0.39 is 5.82 Å². The molecule has 14 heavy (non-hydrogen) atoms. The molecule has 1 heterocycles. The number of aromatic nitrogens is 1. The van der Waals surface area contributed by atoms with Gasteiger partial charge < -0.3 is 10.1 Å². The van der Waals surface area contributed by atoms with Gasteiger partial charge in [-0.05, 0) is 13.0 Å². The van der Waals surface area contributed by atoms with Crippen molar-refractivity contribution in [1.82, 2.24) is 4.98 Å². The topological polar surface area (TPSA) is 34.1 Å². The van der Waals surface area contributed by atoms with Crippen molar-refractivity contribution in [3.63, 3.8) is 0 Å². The molecule has 1 aromatic heterocycles. The van der Waals surface area contributed by atoms with E-state index in [1.165, 1.54) is 12.3 Å². The third-order valence-corrected chi connectivity index (χ3v) is 1.81. The monoisotopic (exact) mass is 218 g/mol. The minimum absolute atomic E-state index is 0.00294. The number of pyridine rings is 1. The van der Waals surface area contributed by atoms with Gasteiger partial charge in [0.2, 0.25) is 0 Å². The lowest BCUT2D eigenvalue weighted by molar-refractivity contribution is 0.190. The maximum absolute atomic E-state index is 13.2. The van der Waals surface area contributed by atoms with E-state index in [1.807, 2.05) is 6.92 Å². The second kappa shape index (κ2) is 5.12. The van der Waals surface area contributed by atoms with Gasteiger partial charge in [0.15, 0.2) is 11.6 Å². The van der Waals surface area contributed by atoms with Crippen LogP contribution in [0.25, 0.3) is 0 Å². The molecule has 0 spiro atoms. The van der Waals surface area contributed by atoms with Gasteiger partial charge in [0.25, 0.3) is 0 Å². The fourth-order valence-electron chi connectivity index (χ4n) is 1.05. The summed E-state index contributed by atoms with van der Waals surface area (Å²) in [5, 5.41) is 3.15. The predicted octanol–water partition coefficient (Wildman–Crippen LogP) is 2.32. The van der Waals surface area contributed by atoms with Crippen LogP contribution >= 0.6 is 11.6 Å². The lowest BCUT2D eigenvalue weighted by Gasteiger charge is -2.13. The third-order valence-electron chi connectivity index (χ3n) is 1.61. The van der Waals surface area contributed by atoms with Crippen LogP contribution in [0.4, 0.5) is 10.2 Å². The van der Waals surface area contributed by atoms with Gasteiger partial charge in [-0.1, -0.05) is 11.6 Å². The van der Waals surface area contributed by atoms with Crippen molar-refractivity contribution >= 4 is 17.4 Å². The van der Waals surface area contributed by atoms with Crippen LogP contribution in [0.2, 0.25) is 5.02 Å². The summed E-state index contributed by atoms with van der Waals surface area (Å²) in [6, 6.07) is 1.22. The molecule has 5 heteroatoms. The first-order valence-electron chi connectivity index (χ1n) is 4.20. The molecule has 0 amide bonds. The maximum Gasteiger partial charge on any atom is 0.166 e. The van der Waals surface area contributed by atoms with E-state index in [9.17, 15) is 4.39 Å². The Morgan fingerprint density at radius 2 is 2.43 bits per heavy atom. The van der Waals surface area contributed by atoms with E-state index in [-0.39, 0.29) is 16.9 Å². The van der Waals surface area contributed by atoms with Crippen molar-refractivity contribution in [3.05, 3.63) is 23.1 Å². The highest BCUT2D eigenvalue weighted by Gasteiger charge is 2.07. The lowest BCUT2D eigenvalue weighted by atomic mass is 10.3. The fourth-order valence-corrected chi connectivity index (χ4v) is 1.19. The van der Waals surface area contributed by atoms with Crippen molar-refractivity contribution in [2.24, 2.45) is 0 Å². The quantitative estimate of drug-likeness (QED) is 0.842. The van der Waals surface area contributed by atoms with Crippen molar-refractivity contribution in [2.45, 2.75) is 13.0 Å². The number of nitrogens with one attached hydrogen (secondary N) is 1. The van der Waals surface area contributed by atoms with E-state index in [4.69, 9.17) is 16.3 Å².